The van der Waals surface area contributed by atoms with Crippen molar-refractivity contribution in [2.24, 2.45) is 0 Å². The topological polar surface area (TPSA) is 32.3 Å². The number of benzene rings is 2. The first-order valence-electron chi connectivity index (χ1n) is 9.49. The first-order valence-corrected chi connectivity index (χ1v) is 9.87. The lowest BCUT2D eigenvalue weighted by atomic mass is 9.76. The lowest BCUT2D eigenvalue weighted by Gasteiger charge is -2.39. The van der Waals surface area contributed by atoms with Crippen LogP contribution in [-0.4, -0.2) is 24.4 Å². The van der Waals surface area contributed by atoms with Gasteiger partial charge in [0.1, 0.15) is 5.82 Å². The largest absolute Gasteiger partial charge is 0.322 e. The second-order valence-corrected chi connectivity index (χ2v) is 8.42. The van der Waals surface area contributed by atoms with Crippen molar-refractivity contribution in [3.05, 3.63) is 69.5 Å². The number of nitrogens with zero attached hydrogens (tertiary/aromatic N) is 1. The Hall–Kier alpha value is -2.17. The summed E-state index contributed by atoms with van der Waals surface area (Å²) in [6.07, 6.45) is 3.86. The molecule has 0 fully saturated rings. The molecule has 0 radical (unpaired) electrons. The van der Waals surface area contributed by atoms with Gasteiger partial charge in [0.15, 0.2) is 0 Å². The van der Waals surface area contributed by atoms with Crippen LogP contribution in [0.2, 0.25) is 5.02 Å². The average molecular weight is 401 g/mol. The SMILES string of the molecule is CCc1c(NC(=O)/C=C/c2ccc(F)cc2Cl)ccc2c1CN(C)CC2(C)C. The van der Waals surface area contributed by atoms with E-state index in [1.165, 1.54) is 34.9 Å². The number of anilines is 1. The molecule has 1 aliphatic rings. The zero-order chi connectivity index (χ0) is 20.5. The van der Waals surface area contributed by atoms with Crippen molar-refractivity contribution in [2.45, 2.75) is 39.2 Å². The summed E-state index contributed by atoms with van der Waals surface area (Å²) in [5.41, 5.74) is 5.36. The van der Waals surface area contributed by atoms with Crippen LogP contribution in [0.15, 0.2) is 36.4 Å². The summed E-state index contributed by atoms with van der Waals surface area (Å²) in [7, 11) is 2.13. The summed E-state index contributed by atoms with van der Waals surface area (Å²) in [4.78, 5) is 14.8. The quantitative estimate of drug-likeness (QED) is 0.695. The molecule has 5 heteroatoms. The smallest absolute Gasteiger partial charge is 0.248 e. The van der Waals surface area contributed by atoms with Crippen molar-refractivity contribution in [3.63, 3.8) is 0 Å². The molecule has 0 spiro atoms. The Morgan fingerprint density at radius 1 is 1.32 bits per heavy atom. The highest BCUT2D eigenvalue weighted by Crippen LogP contribution is 2.37. The highest BCUT2D eigenvalue weighted by Gasteiger charge is 2.32. The molecular formula is C23H26ClFN2O. The lowest BCUT2D eigenvalue weighted by molar-refractivity contribution is -0.111. The molecule has 0 aliphatic carbocycles. The Morgan fingerprint density at radius 3 is 2.75 bits per heavy atom. The van der Waals surface area contributed by atoms with Crippen LogP contribution in [0.25, 0.3) is 6.08 Å². The number of nitrogens with one attached hydrogen (secondary N) is 1. The molecule has 1 amide bonds. The minimum atomic E-state index is -0.402. The molecule has 148 valence electrons. The zero-order valence-electron chi connectivity index (χ0n) is 16.8. The molecule has 0 bridgehead atoms. The Labute approximate surface area is 171 Å². The van der Waals surface area contributed by atoms with Crippen LogP contribution in [0.5, 0.6) is 0 Å². The molecule has 1 aliphatic heterocycles. The number of rotatable bonds is 4. The Kier molecular flexibility index (Phi) is 5.92. The van der Waals surface area contributed by atoms with E-state index in [4.69, 9.17) is 11.6 Å². The number of amides is 1. The molecule has 28 heavy (non-hydrogen) atoms. The van der Waals surface area contributed by atoms with Crippen LogP contribution in [0.1, 0.15) is 43.0 Å². The predicted octanol–water partition coefficient (Wildman–Crippen LogP) is 5.42. The van der Waals surface area contributed by atoms with Gasteiger partial charge in [-0.15, -0.1) is 0 Å². The third-order valence-electron chi connectivity index (χ3n) is 5.24. The first-order chi connectivity index (χ1) is 13.2. The van der Waals surface area contributed by atoms with Crippen molar-refractivity contribution < 1.29 is 9.18 Å². The van der Waals surface area contributed by atoms with Crippen molar-refractivity contribution in [1.82, 2.24) is 4.90 Å². The molecule has 3 nitrogen and oxygen atoms in total. The molecule has 0 saturated carbocycles. The number of fused-ring (bicyclic) bond motifs is 1. The van der Waals surface area contributed by atoms with Gasteiger partial charge in [-0.05, 0) is 60.0 Å². The van der Waals surface area contributed by atoms with E-state index < -0.39 is 5.82 Å². The van der Waals surface area contributed by atoms with Crippen LogP contribution < -0.4 is 5.32 Å². The molecule has 1 N–H and O–H groups in total. The van der Waals surface area contributed by atoms with E-state index in [-0.39, 0.29) is 16.3 Å². The molecule has 0 aromatic heterocycles. The lowest BCUT2D eigenvalue weighted by Crippen LogP contribution is -2.40. The zero-order valence-corrected chi connectivity index (χ0v) is 17.5. The maximum absolute atomic E-state index is 13.1. The number of halogens is 2. The maximum atomic E-state index is 13.1. The summed E-state index contributed by atoms with van der Waals surface area (Å²) >= 11 is 6.01. The van der Waals surface area contributed by atoms with Gasteiger partial charge >= 0.3 is 0 Å². The fourth-order valence-corrected chi connectivity index (χ4v) is 4.32. The Balaban J connectivity index is 1.85. The number of carbonyl (C=O) groups excluding carboxylic acids is 1. The minimum absolute atomic E-state index is 0.0774. The van der Waals surface area contributed by atoms with Crippen molar-refractivity contribution in [2.75, 3.05) is 18.9 Å². The van der Waals surface area contributed by atoms with Gasteiger partial charge in [-0.3, -0.25) is 4.79 Å². The predicted molar refractivity (Wildman–Crippen MR) is 114 cm³/mol. The summed E-state index contributed by atoms with van der Waals surface area (Å²) in [5, 5.41) is 3.27. The van der Waals surface area contributed by atoms with Gasteiger partial charge in [0.2, 0.25) is 5.91 Å². The van der Waals surface area contributed by atoms with E-state index in [1.54, 1.807) is 12.1 Å². The molecule has 0 saturated heterocycles. The van der Waals surface area contributed by atoms with Gasteiger partial charge in [-0.25, -0.2) is 4.39 Å². The standard InChI is InChI=1S/C23H26ClFN2O/c1-5-17-18-13-27(4)14-23(2,3)19(18)9-10-21(17)26-22(28)11-7-15-6-8-16(25)12-20(15)24/h6-12H,5,13-14H2,1-4H3,(H,26,28)/b11-7+. The Bertz CT molecular complexity index is 936. The minimum Gasteiger partial charge on any atom is -0.322 e. The Morgan fingerprint density at radius 2 is 2.07 bits per heavy atom. The first kappa shape index (κ1) is 20.6. The van der Waals surface area contributed by atoms with Gasteiger partial charge in [0.25, 0.3) is 0 Å². The number of carbonyl (C=O) groups is 1. The normalized spacial score (nSPS) is 16.2. The third-order valence-corrected chi connectivity index (χ3v) is 5.57. The van der Waals surface area contributed by atoms with Crippen molar-refractivity contribution in [1.29, 1.82) is 0 Å². The van der Waals surface area contributed by atoms with Crippen LogP contribution in [0.3, 0.4) is 0 Å². The third kappa shape index (κ3) is 4.29. The number of hydrogen-bond acceptors (Lipinski definition) is 2. The molecule has 3 rings (SSSR count). The molecule has 0 atom stereocenters. The molecule has 2 aromatic rings. The average Bonchev–Trinajstić information content (AvgIpc) is 2.59. The molecular weight excluding hydrogens is 375 g/mol. The molecule has 0 unspecified atom stereocenters. The summed E-state index contributed by atoms with van der Waals surface area (Å²) in [6.45, 7) is 8.52. The maximum Gasteiger partial charge on any atom is 0.248 e. The highest BCUT2D eigenvalue weighted by atomic mass is 35.5. The summed E-state index contributed by atoms with van der Waals surface area (Å²) in [6, 6.07) is 8.24. The highest BCUT2D eigenvalue weighted by molar-refractivity contribution is 6.32. The number of likely N-dealkylation sites (N-methyl/N-ethyl adjacent to an activating group) is 1. The van der Waals surface area contributed by atoms with E-state index in [0.717, 1.165) is 25.2 Å². The van der Waals surface area contributed by atoms with E-state index >= 15 is 0 Å². The van der Waals surface area contributed by atoms with Gasteiger partial charge < -0.3 is 10.2 Å². The van der Waals surface area contributed by atoms with Crippen LogP contribution in [-0.2, 0) is 23.2 Å². The molecule has 1 heterocycles. The summed E-state index contributed by atoms with van der Waals surface area (Å²) in [5.74, 6) is -0.639. The van der Waals surface area contributed by atoms with Gasteiger partial charge in [-0.1, -0.05) is 44.5 Å². The van der Waals surface area contributed by atoms with Crippen molar-refractivity contribution in [3.8, 4) is 0 Å². The van der Waals surface area contributed by atoms with Gasteiger partial charge in [-0.2, -0.15) is 0 Å². The monoisotopic (exact) mass is 400 g/mol. The number of hydrogen-bond donors (Lipinski definition) is 1. The molecule has 2 aromatic carbocycles. The van der Waals surface area contributed by atoms with Crippen LogP contribution >= 0.6 is 11.6 Å². The van der Waals surface area contributed by atoms with Gasteiger partial charge in [0, 0.05) is 30.3 Å². The second kappa shape index (κ2) is 8.06. The van der Waals surface area contributed by atoms with E-state index in [1.807, 2.05) is 6.07 Å². The second-order valence-electron chi connectivity index (χ2n) is 8.02. The van der Waals surface area contributed by atoms with E-state index in [2.05, 4.69) is 44.1 Å². The fraction of sp³-hybridized carbons (Fsp3) is 0.348. The van der Waals surface area contributed by atoms with Gasteiger partial charge in [0.05, 0.1) is 5.02 Å². The van der Waals surface area contributed by atoms with E-state index in [9.17, 15) is 9.18 Å². The fourth-order valence-electron chi connectivity index (χ4n) is 4.09. The summed E-state index contributed by atoms with van der Waals surface area (Å²) < 4.78 is 13.1. The van der Waals surface area contributed by atoms with E-state index in [0.29, 0.717) is 5.56 Å². The van der Waals surface area contributed by atoms with Crippen LogP contribution in [0, 0.1) is 5.82 Å². The van der Waals surface area contributed by atoms with Crippen LogP contribution in [0.4, 0.5) is 10.1 Å². The van der Waals surface area contributed by atoms with Crippen molar-refractivity contribution >= 4 is 29.3 Å².